The van der Waals surface area contributed by atoms with Gasteiger partial charge < -0.3 is 10.6 Å². The second-order valence-electron chi connectivity index (χ2n) is 6.78. The van der Waals surface area contributed by atoms with Crippen LogP contribution in [0.5, 0.6) is 0 Å². The number of hydrogen-bond acceptors (Lipinski definition) is 3. The predicted octanol–water partition coefficient (Wildman–Crippen LogP) is 5.04. The van der Waals surface area contributed by atoms with Gasteiger partial charge in [-0.05, 0) is 43.6 Å². The Labute approximate surface area is 179 Å². The van der Waals surface area contributed by atoms with E-state index in [4.69, 9.17) is 23.2 Å². The van der Waals surface area contributed by atoms with E-state index in [1.54, 1.807) is 37.1 Å². The van der Waals surface area contributed by atoms with Crippen molar-refractivity contribution < 1.29 is 9.59 Å². The van der Waals surface area contributed by atoms with Gasteiger partial charge in [0.15, 0.2) is 0 Å². The molecule has 5 nitrogen and oxygen atoms in total. The first-order chi connectivity index (χ1) is 13.8. The maximum Gasteiger partial charge on any atom is 0.241 e. The first-order valence-electron chi connectivity index (χ1n) is 9.09. The van der Waals surface area contributed by atoms with E-state index in [0.29, 0.717) is 15.7 Å². The highest BCUT2D eigenvalue weighted by atomic mass is 35.5. The Bertz CT molecular complexity index is 1050. The summed E-state index contributed by atoms with van der Waals surface area (Å²) in [4.78, 5) is 26.7. The van der Waals surface area contributed by atoms with Crippen LogP contribution in [0.3, 0.4) is 0 Å². The summed E-state index contributed by atoms with van der Waals surface area (Å²) in [5, 5.41) is 8.55. The van der Waals surface area contributed by atoms with Crippen LogP contribution in [-0.2, 0) is 9.59 Å². The van der Waals surface area contributed by atoms with E-state index >= 15 is 0 Å². The maximum absolute atomic E-state index is 12.5. The fourth-order valence-corrected chi connectivity index (χ4v) is 3.37. The van der Waals surface area contributed by atoms with Crippen LogP contribution in [0.1, 0.15) is 6.92 Å². The van der Waals surface area contributed by atoms with E-state index in [0.717, 1.165) is 16.5 Å². The number of carbonyl (C=O) groups excluding carboxylic acids is 2. The Hall–Kier alpha value is -2.60. The van der Waals surface area contributed by atoms with Crippen LogP contribution in [0.25, 0.3) is 10.8 Å². The van der Waals surface area contributed by atoms with Gasteiger partial charge in [-0.15, -0.1) is 0 Å². The zero-order valence-electron chi connectivity index (χ0n) is 16.1. The summed E-state index contributed by atoms with van der Waals surface area (Å²) < 4.78 is 0. The zero-order valence-corrected chi connectivity index (χ0v) is 17.6. The van der Waals surface area contributed by atoms with Crippen LogP contribution >= 0.6 is 23.2 Å². The van der Waals surface area contributed by atoms with Crippen molar-refractivity contribution in [3.63, 3.8) is 0 Å². The van der Waals surface area contributed by atoms with Gasteiger partial charge in [-0.2, -0.15) is 0 Å². The Morgan fingerprint density at radius 2 is 1.69 bits per heavy atom. The molecule has 3 rings (SSSR count). The van der Waals surface area contributed by atoms with E-state index in [1.807, 2.05) is 42.5 Å². The number of rotatable bonds is 6. The standard InChI is InChI=1S/C22H21Cl2N3O2/c1-14(22(29)26-20-11-10-16(23)12-18(20)24)27(2)13-21(28)25-19-9-5-7-15-6-3-4-8-17(15)19/h3-12,14H,13H2,1-2H3,(H,25,28)(H,26,29). The lowest BCUT2D eigenvalue weighted by atomic mass is 10.1. The molecular weight excluding hydrogens is 409 g/mol. The van der Waals surface area contributed by atoms with Crippen LogP contribution in [0.2, 0.25) is 10.0 Å². The Morgan fingerprint density at radius 3 is 2.45 bits per heavy atom. The topological polar surface area (TPSA) is 61.4 Å². The lowest BCUT2D eigenvalue weighted by Gasteiger charge is -2.23. The number of hydrogen-bond donors (Lipinski definition) is 2. The monoisotopic (exact) mass is 429 g/mol. The number of amides is 2. The average molecular weight is 430 g/mol. The van der Waals surface area contributed by atoms with E-state index in [1.165, 1.54) is 0 Å². The third-order valence-electron chi connectivity index (χ3n) is 4.69. The maximum atomic E-state index is 12.5. The third-order valence-corrected chi connectivity index (χ3v) is 5.23. The number of halogens is 2. The third kappa shape index (κ3) is 5.26. The number of fused-ring (bicyclic) bond motifs is 1. The molecule has 0 aliphatic rings. The molecular formula is C22H21Cl2N3O2. The SMILES string of the molecule is CC(C(=O)Nc1ccc(Cl)cc1Cl)N(C)CC(=O)Nc1cccc2ccccc12. The van der Waals surface area contributed by atoms with Crippen molar-refractivity contribution in [3.8, 4) is 0 Å². The van der Waals surface area contributed by atoms with Gasteiger partial charge in [0.25, 0.3) is 0 Å². The molecule has 2 N–H and O–H groups in total. The van der Waals surface area contributed by atoms with Gasteiger partial charge in [-0.1, -0.05) is 59.6 Å². The molecule has 0 fully saturated rings. The molecule has 0 spiro atoms. The summed E-state index contributed by atoms with van der Waals surface area (Å²) in [7, 11) is 1.72. The van der Waals surface area contributed by atoms with Crippen molar-refractivity contribution in [2.45, 2.75) is 13.0 Å². The molecule has 1 atom stereocenters. The van der Waals surface area contributed by atoms with Gasteiger partial charge in [-0.3, -0.25) is 14.5 Å². The van der Waals surface area contributed by atoms with E-state index in [-0.39, 0.29) is 18.4 Å². The van der Waals surface area contributed by atoms with Gasteiger partial charge >= 0.3 is 0 Å². The van der Waals surface area contributed by atoms with Crippen molar-refractivity contribution >= 4 is 57.2 Å². The van der Waals surface area contributed by atoms with Crippen molar-refractivity contribution in [2.24, 2.45) is 0 Å². The average Bonchev–Trinajstić information content (AvgIpc) is 2.69. The molecule has 1 unspecified atom stereocenters. The van der Waals surface area contributed by atoms with Crippen LogP contribution in [0.4, 0.5) is 11.4 Å². The van der Waals surface area contributed by atoms with Crippen molar-refractivity contribution in [2.75, 3.05) is 24.2 Å². The molecule has 150 valence electrons. The number of nitrogens with zero attached hydrogens (tertiary/aromatic N) is 1. The number of benzene rings is 3. The van der Waals surface area contributed by atoms with Gasteiger partial charge in [-0.25, -0.2) is 0 Å². The summed E-state index contributed by atoms with van der Waals surface area (Å²) in [6.07, 6.45) is 0. The molecule has 0 radical (unpaired) electrons. The first kappa shape index (κ1) is 21.1. The quantitative estimate of drug-likeness (QED) is 0.576. The van der Waals surface area contributed by atoms with Crippen LogP contribution in [0, 0.1) is 0 Å². The second-order valence-corrected chi connectivity index (χ2v) is 7.62. The molecule has 7 heteroatoms. The predicted molar refractivity (Wildman–Crippen MR) is 120 cm³/mol. The van der Waals surface area contributed by atoms with Crippen LogP contribution in [-0.4, -0.2) is 36.3 Å². The highest BCUT2D eigenvalue weighted by molar-refractivity contribution is 6.36. The van der Waals surface area contributed by atoms with Gasteiger partial charge in [0.2, 0.25) is 11.8 Å². The smallest absolute Gasteiger partial charge is 0.241 e. The molecule has 0 saturated heterocycles. The molecule has 0 aromatic heterocycles. The largest absolute Gasteiger partial charge is 0.324 e. The Balaban J connectivity index is 1.61. The molecule has 2 amide bonds. The van der Waals surface area contributed by atoms with Gasteiger partial charge in [0.05, 0.1) is 23.3 Å². The van der Waals surface area contributed by atoms with Crippen molar-refractivity contribution in [3.05, 3.63) is 70.7 Å². The minimum absolute atomic E-state index is 0.0617. The Morgan fingerprint density at radius 1 is 0.966 bits per heavy atom. The number of likely N-dealkylation sites (N-methyl/N-ethyl adjacent to an activating group) is 1. The normalized spacial score (nSPS) is 12.0. The summed E-state index contributed by atoms with van der Waals surface area (Å²) >= 11 is 12.0. The fourth-order valence-electron chi connectivity index (χ4n) is 2.92. The molecule has 29 heavy (non-hydrogen) atoms. The van der Waals surface area contributed by atoms with E-state index in [2.05, 4.69) is 10.6 Å². The zero-order chi connectivity index (χ0) is 21.0. The summed E-state index contributed by atoms with van der Waals surface area (Å²) in [6, 6.07) is 17.9. The molecule has 0 bridgehead atoms. The molecule has 0 aliphatic heterocycles. The number of nitrogens with one attached hydrogen (secondary N) is 2. The number of carbonyl (C=O) groups is 2. The van der Waals surface area contributed by atoms with Gasteiger partial charge in [0.1, 0.15) is 0 Å². The molecule has 3 aromatic rings. The highest BCUT2D eigenvalue weighted by Crippen LogP contribution is 2.26. The second kappa shape index (κ2) is 9.27. The minimum Gasteiger partial charge on any atom is -0.324 e. The van der Waals surface area contributed by atoms with E-state index < -0.39 is 6.04 Å². The first-order valence-corrected chi connectivity index (χ1v) is 9.84. The molecule has 0 saturated carbocycles. The Kier molecular flexibility index (Phi) is 6.75. The number of anilines is 2. The van der Waals surface area contributed by atoms with E-state index in [9.17, 15) is 9.59 Å². The van der Waals surface area contributed by atoms with Crippen LogP contribution < -0.4 is 10.6 Å². The lowest BCUT2D eigenvalue weighted by Crippen LogP contribution is -2.43. The van der Waals surface area contributed by atoms with Crippen molar-refractivity contribution in [1.29, 1.82) is 0 Å². The highest BCUT2D eigenvalue weighted by Gasteiger charge is 2.21. The van der Waals surface area contributed by atoms with Gasteiger partial charge in [0, 0.05) is 16.1 Å². The summed E-state index contributed by atoms with van der Waals surface area (Å²) in [5.74, 6) is -0.470. The molecule has 0 aliphatic carbocycles. The van der Waals surface area contributed by atoms with Crippen molar-refractivity contribution in [1.82, 2.24) is 4.90 Å². The fraction of sp³-hybridized carbons (Fsp3) is 0.182. The molecule has 3 aromatic carbocycles. The summed E-state index contributed by atoms with van der Waals surface area (Å²) in [6.45, 7) is 1.79. The summed E-state index contributed by atoms with van der Waals surface area (Å²) in [5.41, 5.74) is 1.22. The van der Waals surface area contributed by atoms with Crippen LogP contribution in [0.15, 0.2) is 60.7 Å². The molecule has 0 heterocycles. The minimum atomic E-state index is -0.542. The lowest BCUT2D eigenvalue weighted by molar-refractivity contribution is -0.122.